The lowest BCUT2D eigenvalue weighted by Crippen LogP contribution is -2.13. The Kier molecular flexibility index (Phi) is 4.37. The Balaban J connectivity index is 2.17. The normalized spacial score (nSPS) is 12.4. The van der Waals surface area contributed by atoms with Gasteiger partial charge in [0.1, 0.15) is 0 Å². The van der Waals surface area contributed by atoms with Gasteiger partial charge in [0.25, 0.3) is 0 Å². The van der Waals surface area contributed by atoms with E-state index in [4.69, 9.17) is 5.73 Å². The Morgan fingerprint density at radius 3 is 2.47 bits per heavy atom. The molecule has 17 heavy (non-hydrogen) atoms. The number of rotatable bonds is 3. The average Bonchev–Trinajstić information content (AvgIpc) is 2.32. The van der Waals surface area contributed by atoms with E-state index in [0.29, 0.717) is 0 Å². The Morgan fingerprint density at radius 1 is 1.00 bits per heavy atom. The van der Waals surface area contributed by atoms with Crippen LogP contribution in [0.15, 0.2) is 57.5 Å². The van der Waals surface area contributed by atoms with E-state index in [9.17, 15) is 0 Å². The van der Waals surface area contributed by atoms with Gasteiger partial charge in [-0.2, -0.15) is 0 Å². The van der Waals surface area contributed by atoms with Crippen molar-refractivity contribution in [3.05, 3.63) is 68.6 Å². The van der Waals surface area contributed by atoms with Crippen molar-refractivity contribution >= 4 is 31.9 Å². The predicted molar refractivity (Wildman–Crippen MR) is 78.9 cm³/mol. The minimum absolute atomic E-state index is 0.0196. The maximum Gasteiger partial charge on any atom is 0.0336 e. The van der Waals surface area contributed by atoms with E-state index >= 15 is 0 Å². The van der Waals surface area contributed by atoms with Gasteiger partial charge >= 0.3 is 0 Å². The van der Waals surface area contributed by atoms with Crippen molar-refractivity contribution in [2.75, 3.05) is 0 Å². The summed E-state index contributed by atoms with van der Waals surface area (Å²) in [5, 5.41) is 0. The van der Waals surface area contributed by atoms with Crippen molar-refractivity contribution in [2.24, 2.45) is 5.73 Å². The molecule has 0 amide bonds. The summed E-state index contributed by atoms with van der Waals surface area (Å²) >= 11 is 7.01. The van der Waals surface area contributed by atoms with Crippen molar-refractivity contribution in [3.63, 3.8) is 0 Å². The molecule has 1 nitrogen and oxygen atoms in total. The molecule has 1 atom stereocenters. The van der Waals surface area contributed by atoms with Gasteiger partial charge in [0.15, 0.2) is 0 Å². The standard InChI is InChI=1S/C14H13Br2N/c15-12-6-3-5-11(8-12)14(17)9-10-4-1-2-7-13(10)16/h1-8,14H,9,17H2. The largest absolute Gasteiger partial charge is 0.324 e. The zero-order valence-corrected chi connectivity index (χ0v) is 12.4. The molecular weight excluding hydrogens is 342 g/mol. The van der Waals surface area contributed by atoms with Gasteiger partial charge in [-0.1, -0.05) is 62.2 Å². The summed E-state index contributed by atoms with van der Waals surface area (Å²) < 4.78 is 2.18. The summed E-state index contributed by atoms with van der Waals surface area (Å²) in [6.45, 7) is 0. The molecule has 0 bridgehead atoms. The Bertz CT molecular complexity index is 511. The monoisotopic (exact) mass is 353 g/mol. The molecule has 0 saturated carbocycles. The molecule has 0 aromatic heterocycles. The van der Waals surface area contributed by atoms with Crippen LogP contribution >= 0.6 is 31.9 Å². The SMILES string of the molecule is NC(Cc1ccccc1Br)c1cccc(Br)c1. The first-order valence-electron chi connectivity index (χ1n) is 5.41. The average molecular weight is 355 g/mol. The van der Waals surface area contributed by atoms with Gasteiger partial charge in [0.2, 0.25) is 0 Å². The molecule has 0 aliphatic carbocycles. The van der Waals surface area contributed by atoms with Crippen LogP contribution < -0.4 is 5.73 Å². The molecule has 0 fully saturated rings. The van der Waals surface area contributed by atoms with E-state index < -0.39 is 0 Å². The maximum absolute atomic E-state index is 6.22. The fourth-order valence-corrected chi connectivity index (χ4v) is 2.62. The summed E-state index contributed by atoms with van der Waals surface area (Å²) in [4.78, 5) is 0. The second kappa shape index (κ2) is 5.80. The highest BCUT2D eigenvalue weighted by atomic mass is 79.9. The molecule has 88 valence electrons. The van der Waals surface area contributed by atoms with Crippen LogP contribution in [0, 0.1) is 0 Å². The van der Waals surface area contributed by atoms with Gasteiger partial charge in [-0.15, -0.1) is 0 Å². The molecular formula is C14H13Br2N. The van der Waals surface area contributed by atoms with Crippen molar-refractivity contribution in [3.8, 4) is 0 Å². The summed E-state index contributed by atoms with van der Waals surface area (Å²) in [6, 6.07) is 16.4. The van der Waals surface area contributed by atoms with Gasteiger partial charge in [-0.05, 0) is 35.7 Å². The Hall–Kier alpha value is -0.640. The highest BCUT2D eigenvalue weighted by molar-refractivity contribution is 9.10. The first-order valence-corrected chi connectivity index (χ1v) is 7.00. The third-order valence-corrected chi connectivity index (χ3v) is 3.94. The summed E-state index contributed by atoms with van der Waals surface area (Å²) in [5.74, 6) is 0. The number of hydrogen-bond acceptors (Lipinski definition) is 1. The number of halogens is 2. The van der Waals surface area contributed by atoms with E-state index in [1.807, 2.05) is 30.3 Å². The second-order valence-corrected chi connectivity index (χ2v) is 5.73. The van der Waals surface area contributed by atoms with Crippen molar-refractivity contribution in [1.82, 2.24) is 0 Å². The smallest absolute Gasteiger partial charge is 0.0336 e. The van der Waals surface area contributed by atoms with Crippen molar-refractivity contribution in [2.45, 2.75) is 12.5 Å². The summed E-state index contributed by atoms with van der Waals surface area (Å²) in [7, 11) is 0. The zero-order valence-electron chi connectivity index (χ0n) is 9.24. The molecule has 0 heterocycles. The van der Waals surface area contributed by atoms with E-state index in [0.717, 1.165) is 20.9 Å². The van der Waals surface area contributed by atoms with Crippen LogP contribution in [0.1, 0.15) is 17.2 Å². The van der Waals surface area contributed by atoms with E-state index in [1.165, 1.54) is 5.56 Å². The summed E-state index contributed by atoms with van der Waals surface area (Å²) in [5.41, 5.74) is 8.61. The highest BCUT2D eigenvalue weighted by Crippen LogP contribution is 2.23. The third-order valence-electron chi connectivity index (χ3n) is 2.67. The molecule has 2 aromatic carbocycles. The molecule has 2 aromatic rings. The molecule has 0 aliphatic heterocycles. The lowest BCUT2D eigenvalue weighted by atomic mass is 10.00. The number of hydrogen-bond donors (Lipinski definition) is 1. The van der Waals surface area contributed by atoms with Crippen LogP contribution in [0.5, 0.6) is 0 Å². The van der Waals surface area contributed by atoms with Gasteiger partial charge in [0, 0.05) is 15.0 Å². The first-order chi connectivity index (χ1) is 8.16. The van der Waals surface area contributed by atoms with Gasteiger partial charge < -0.3 is 5.73 Å². The maximum atomic E-state index is 6.22. The van der Waals surface area contributed by atoms with Crippen LogP contribution in [0.2, 0.25) is 0 Å². The highest BCUT2D eigenvalue weighted by Gasteiger charge is 2.09. The van der Waals surface area contributed by atoms with Crippen molar-refractivity contribution in [1.29, 1.82) is 0 Å². The Labute approximate surface area is 118 Å². The molecule has 2 rings (SSSR count). The molecule has 0 saturated heterocycles. The predicted octanol–water partition coefficient (Wildman–Crippen LogP) is 4.45. The molecule has 0 radical (unpaired) electrons. The topological polar surface area (TPSA) is 26.0 Å². The van der Waals surface area contributed by atoms with Gasteiger partial charge in [-0.3, -0.25) is 0 Å². The Morgan fingerprint density at radius 2 is 1.76 bits per heavy atom. The number of benzene rings is 2. The summed E-state index contributed by atoms with van der Waals surface area (Å²) in [6.07, 6.45) is 0.831. The minimum atomic E-state index is 0.0196. The van der Waals surface area contributed by atoms with Gasteiger partial charge in [-0.25, -0.2) is 0 Å². The van der Waals surface area contributed by atoms with Crippen LogP contribution in [-0.4, -0.2) is 0 Å². The minimum Gasteiger partial charge on any atom is -0.324 e. The van der Waals surface area contributed by atoms with E-state index in [1.54, 1.807) is 0 Å². The quantitative estimate of drug-likeness (QED) is 0.865. The number of nitrogens with two attached hydrogens (primary N) is 1. The molecule has 2 N–H and O–H groups in total. The van der Waals surface area contributed by atoms with Gasteiger partial charge in [0.05, 0.1) is 0 Å². The molecule has 1 unspecified atom stereocenters. The first kappa shape index (κ1) is 12.8. The lowest BCUT2D eigenvalue weighted by molar-refractivity contribution is 0.719. The molecule has 0 spiro atoms. The van der Waals surface area contributed by atoms with Crippen LogP contribution in [0.4, 0.5) is 0 Å². The third kappa shape index (κ3) is 3.41. The molecule has 3 heteroatoms. The van der Waals surface area contributed by atoms with Crippen LogP contribution in [0.3, 0.4) is 0 Å². The zero-order chi connectivity index (χ0) is 12.3. The fourth-order valence-electron chi connectivity index (χ4n) is 1.76. The molecule has 0 aliphatic rings. The van der Waals surface area contributed by atoms with Crippen LogP contribution in [-0.2, 0) is 6.42 Å². The second-order valence-electron chi connectivity index (χ2n) is 3.96. The fraction of sp³-hybridized carbons (Fsp3) is 0.143. The van der Waals surface area contributed by atoms with E-state index in [-0.39, 0.29) is 6.04 Å². The van der Waals surface area contributed by atoms with E-state index in [2.05, 4.69) is 50.1 Å². The van der Waals surface area contributed by atoms with Crippen molar-refractivity contribution < 1.29 is 0 Å². The van der Waals surface area contributed by atoms with Crippen LogP contribution in [0.25, 0.3) is 0 Å². The lowest BCUT2D eigenvalue weighted by Gasteiger charge is -2.13.